The number of carbonyl (C=O) groups excluding carboxylic acids is 2. The molecule has 0 radical (unpaired) electrons. The second-order valence-corrected chi connectivity index (χ2v) is 11.3. The number of anilines is 2. The van der Waals surface area contributed by atoms with Crippen molar-refractivity contribution in [2.75, 3.05) is 16.2 Å². The number of sulfonamides is 1. The minimum atomic E-state index is -4.06. The molecule has 4 aromatic rings. The van der Waals surface area contributed by atoms with Crippen LogP contribution in [-0.2, 0) is 14.8 Å². The first-order chi connectivity index (χ1) is 19.1. The number of nitrogens with zero attached hydrogens (tertiary/aromatic N) is 2. The van der Waals surface area contributed by atoms with Gasteiger partial charge in [-0.1, -0.05) is 59.6 Å². The lowest BCUT2D eigenvalue weighted by molar-refractivity contribution is -0.119. The summed E-state index contributed by atoms with van der Waals surface area (Å²) in [6.45, 7) is 1.15. The van der Waals surface area contributed by atoms with Crippen LogP contribution in [-0.4, -0.2) is 32.5 Å². The van der Waals surface area contributed by atoms with Gasteiger partial charge in [-0.2, -0.15) is 5.10 Å². The Morgan fingerprint density at radius 2 is 1.48 bits per heavy atom. The van der Waals surface area contributed by atoms with E-state index in [0.717, 1.165) is 4.31 Å². The summed E-state index contributed by atoms with van der Waals surface area (Å²) in [5, 5.41) is 7.83. The van der Waals surface area contributed by atoms with Crippen LogP contribution in [0.1, 0.15) is 22.8 Å². The van der Waals surface area contributed by atoms with Crippen LogP contribution in [0.3, 0.4) is 0 Å². The summed E-state index contributed by atoms with van der Waals surface area (Å²) in [7, 11) is -4.06. The van der Waals surface area contributed by atoms with Crippen LogP contribution < -0.4 is 15.0 Å². The molecule has 0 unspecified atom stereocenters. The Kier molecular flexibility index (Phi) is 9.21. The standard InChI is InChI=1S/C29H24Cl2N4O4S/c1-20(21-7-6-10-25(18-21)32-29(37)22-8-5-9-24(31)17-22)33-34-28(36)19-35(26-15-13-23(30)14-16-26)40(38,39)27-11-3-2-4-12-27/h2-18H,19H2,1H3,(H,32,37)(H,34,36)/b33-20-. The molecule has 11 heteroatoms. The predicted molar refractivity (Wildman–Crippen MR) is 159 cm³/mol. The third-order valence-corrected chi connectivity index (χ3v) is 7.98. The van der Waals surface area contributed by atoms with Crippen molar-refractivity contribution in [3.05, 3.63) is 124 Å². The first-order valence-corrected chi connectivity index (χ1v) is 14.2. The molecule has 8 nitrogen and oxygen atoms in total. The van der Waals surface area contributed by atoms with Crippen LogP contribution in [0.4, 0.5) is 11.4 Å². The maximum Gasteiger partial charge on any atom is 0.264 e. The first-order valence-electron chi connectivity index (χ1n) is 12.0. The van der Waals surface area contributed by atoms with Gasteiger partial charge in [0.1, 0.15) is 6.54 Å². The topological polar surface area (TPSA) is 108 Å². The molecule has 4 aromatic carbocycles. The molecule has 2 amide bonds. The molecule has 2 N–H and O–H groups in total. The SMILES string of the molecule is C/C(=N/NC(=O)CN(c1ccc(Cl)cc1)S(=O)(=O)c1ccccc1)c1cccc(NC(=O)c2cccc(Cl)c2)c1. The number of hydrazone groups is 1. The van der Waals surface area contributed by atoms with Crippen molar-refractivity contribution in [1.29, 1.82) is 0 Å². The van der Waals surface area contributed by atoms with Crippen LogP contribution in [0.15, 0.2) is 113 Å². The second-order valence-electron chi connectivity index (χ2n) is 8.58. The molecule has 0 aromatic heterocycles. The molecule has 0 saturated heterocycles. The van der Waals surface area contributed by atoms with Crippen molar-refractivity contribution in [3.63, 3.8) is 0 Å². The third-order valence-electron chi connectivity index (χ3n) is 5.71. The van der Waals surface area contributed by atoms with Gasteiger partial charge in [0.05, 0.1) is 16.3 Å². The molecule has 0 atom stereocenters. The summed E-state index contributed by atoms with van der Waals surface area (Å²) < 4.78 is 27.8. The second kappa shape index (κ2) is 12.8. The molecular formula is C29H24Cl2N4O4S. The smallest absolute Gasteiger partial charge is 0.264 e. The Balaban J connectivity index is 1.49. The third kappa shape index (κ3) is 7.26. The van der Waals surface area contributed by atoms with Crippen LogP contribution in [0.5, 0.6) is 0 Å². The highest BCUT2D eigenvalue weighted by Crippen LogP contribution is 2.25. The van der Waals surface area contributed by atoms with Crippen molar-refractivity contribution in [1.82, 2.24) is 5.43 Å². The van der Waals surface area contributed by atoms with E-state index in [1.165, 1.54) is 24.3 Å². The maximum absolute atomic E-state index is 13.4. The number of rotatable bonds is 9. The van der Waals surface area contributed by atoms with E-state index in [4.69, 9.17) is 23.2 Å². The van der Waals surface area contributed by atoms with E-state index in [0.29, 0.717) is 32.6 Å². The van der Waals surface area contributed by atoms with E-state index >= 15 is 0 Å². The number of hydrogen-bond acceptors (Lipinski definition) is 5. The Morgan fingerprint density at radius 3 is 2.17 bits per heavy atom. The highest BCUT2D eigenvalue weighted by atomic mass is 35.5. The summed E-state index contributed by atoms with van der Waals surface area (Å²) >= 11 is 12.0. The number of hydrogen-bond donors (Lipinski definition) is 2. The fourth-order valence-electron chi connectivity index (χ4n) is 3.67. The number of benzene rings is 4. The van der Waals surface area contributed by atoms with Gasteiger partial charge >= 0.3 is 0 Å². The Bertz CT molecular complexity index is 1660. The largest absolute Gasteiger partial charge is 0.322 e. The highest BCUT2D eigenvalue weighted by molar-refractivity contribution is 7.92. The Morgan fingerprint density at radius 1 is 0.800 bits per heavy atom. The predicted octanol–water partition coefficient (Wildman–Crippen LogP) is 5.98. The van der Waals surface area contributed by atoms with Crippen LogP contribution in [0.2, 0.25) is 10.0 Å². The summed E-state index contributed by atoms with van der Waals surface area (Å²) in [5.41, 5.74) is 4.70. The van der Waals surface area contributed by atoms with E-state index in [1.807, 2.05) is 0 Å². The van der Waals surface area contributed by atoms with Crippen molar-refractivity contribution in [3.8, 4) is 0 Å². The molecule has 0 spiro atoms. The van der Waals surface area contributed by atoms with Crippen molar-refractivity contribution in [2.24, 2.45) is 5.10 Å². The summed E-state index contributed by atoms with van der Waals surface area (Å²) in [5.74, 6) is -0.983. The molecule has 0 aliphatic carbocycles. The maximum atomic E-state index is 13.4. The molecule has 4 rings (SSSR count). The van der Waals surface area contributed by atoms with Crippen molar-refractivity contribution < 1.29 is 18.0 Å². The zero-order valence-corrected chi connectivity index (χ0v) is 23.5. The average Bonchev–Trinajstić information content (AvgIpc) is 2.95. The van der Waals surface area contributed by atoms with Crippen LogP contribution in [0.25, 0.3) is 0 Å². The van der Waals surface area contributed by atoms with Crippen molar-refractivity contribution in [2.45, 2.75) is 11.8 Å². The lowest BCUT2D eigenvalue weighted by Gasteiger charge is -2.23. The number of amides is 2. The van der Waals surface area contributed by atoms with Gasteiger partial charge in [-0.25, -0.2) is 13.8 Å². The quantitative estimate of drug-likeness (QED) is 0.183. The summed E-state index contributed by atoms with van der Waals surface area (Å²) in [4.78, 5) is 25.5. The first kappa shape index (κ1) is 28.8. The lowest BCUT2D eigenvalue weighted by atomic mass is 10.1. The molecule has 204 valence electrons. The van der Waals surface area contributed by atoms with Gasteiger partial charge in [-0.05, 0) is 79.2 Å². The highest BCUT2D eigenvalue weighted by Gasteiger charge is 2.27. The molecule has 0 heterocycles. The van der Waals surface area contributed by atoms with Crippen LogP contribution >= 0.6 is 23.2 Å². The molecule has 0 aliphatic heterocycles. The molecular weight excluding hydrogens is 571 g/mol. The normalized spacial score (nSPS) is 11.5. The number of halogens is 2. The minimum absolute atomic E-state index is 0.0362. The van der Waals surface area contributed by atoms with Crippen molar-refractivity contribution >= 4 is 62.1 Å². The van der Waals surface area contributed by atoms with Gasteiger partial charge in [0.25, 0.3) is 21.8 Å². The monoisotopic (exact) mass is 594 g/mol. The van der Waals surface area contributed by atoms with Crippen LogP contribution in [0, 0.1) is 0 Å². The minimum Gasteiger partial charge on any atom is -0.322 e. The zero-order valence-electron chi connectivity index (χ0n) is 21.2. The lowest BCUT2D eigenvalue weighted by Crippen LogP contribution is -2.39. The van der Waals surface area contributed by atoms with E-state index in [9.17, 15) is 18.0 Å². The van der Waals surface area contributed by atoms with E-state index in [1.54, 1.807) is 85.8 Å². The van der Waals surface area contributed by atoms with Gasteiger partial charge in [0.15, 0.2) is 0 Å². The van der Waals surface area contributed by atoms with Gasteiger partial charge in [-0.15, -0.1) is 0 Å². The van der Waals surface area contributed by atoms with E-state index < -0.39 is 22.5 Å². The van der Waals surface area contributed by atoms with E-state index in [2.05, 4.69) is 15.8 Å². The van der Waals surface area contributed by atoms with Gasteiger partial charge < -0.3 is 5.32 Å². The Labute approximate surface area is 242 Å². The number of carbonyl (C=O) groups is 2. The van der Waals surface area contributed by atoms with Gasteiger partial charge in [0.2, 0.25) is 0 Å². The Hall–Kier alpha value is -4.18. The molecule has 0 aliphatic rings. The molecule has 0 bridgehead atoms. The van der Waals surface area contributed by atoms with E-state index in [-0.39, 0.29) is 16.5 Å². The summed E-state index contributed by atoms with van der Waals surface area (Å²) in [6.07, 6.45) is 0. The van der Waals surface area contributed by atoms with Gasteiger partial charge in [0, 0.05) is 21.3 Å². The molecule has 40 heavy (non-hydrogen) atoms. The zero-order chi connectivity index (χ0) is 28.7. The summed E-state index contributed by atoms with van der Waals surface area (Å²) in [6, 6.07) is 27.5. The fourth-order valence-corrected chi connectivity index (χ4v) is 5.43. The molecule has 0 saturated carbocycles. The molecule has 0 fully saturated rings. The number of nitrogens with one attached hydrogen (secondary N) is 2. The van der Waals surface area contributed by atoms with Gasteiger partial charge in [-0.3, -0.25) is 13.9 Å². The fraction of sp³-hybridized carbons (Fsp3) is 0.0690. The average molecular weight is 596 g/mol.